The molecule has 0 saturated carbocycles. The Kier molecular flexibility index (Phi) is 6.87. The van der Waals surface area contributed by atoms with Gasteiger partial charge in [-0.3, -0.25) is 4.79 Å². The van der Waals surface area contributed by atoms with E-state index in [4.69, 9.17) is 9.84 Å². The average molecular weight is 320 g/mol. The van der Waals surface area contributed by atoms with Crippen LogP contribution < -0.4 is 5.32 Å². The van der Waals surface area contributed by atoms with Crippen molar-refractivity contribution in [3.05, 3.63) is 35.9 Å². The molecule has 1 saturated heterocycles. The lowest BCUT2D eigenvalue weighted by atomic mass is 9.99. The number of rotatable bonds is 7. The fourth-order valence-electron chi connectivity index (χ4n) is 2.65. The monoisotopic (exact) mass is 320 g/mol. The minimum Gasteiger partial charge on any atom is -0.481 e. The molecule has 1 aliphatic heterocycles. The second-order valence-electron chi connectivity index (χ2n) is 5.80. The van der Waals surface area contributed by atoms with Crippen LogP contribution in [-0.2, 0) is 16.1 Å². The van der Waals surface area contributed by atoms with Gasteiger partial charge in [-0.1, -0.05) is 30.3 Å². The third kappa shape index (κ3) is 6.28. The smallest absolute Gasteiger partial charge is 0.317 e. The number of urea groups is 1. The van der Waals surface area contributed by atoms with Gasteiger partial charge in [0, 0.05) is 32.8 Å². The van der Waals surface area contributed by atoms with Crippen LogP contribution in [0.3, 0.4) is 0 Å². The van der Waals surface area contributed by atoms with Gasteiger partial charge in [-0.25, -0.2) is 4.79 Å². The first-order valence-electron chi connectivity index (χ1n) is 8.01. The molecule has 2 rings (SSSR count). The first-order valence-corrected chi connectivity index (χ1v) is 8.01. The molecule has 1 aliphatic rings. The summed E-state index contributed by atoms with van der Waals surface area (Å²) in [6, 6.07) is 9.61. The summed E-state index contributed by atoms with van der Waals surface area (Å²) in [5.74, 6) is -0.484. The van der Waals surface area contributed by atoms with Gasteiger partial charge in [0.15, 0.2) is 0 Å². The van der Waals surface area contributed by atoms with E-state index in [0.717, 1.165) is 31.6 Å². The van der Waals surface area contributed by atoms with E-state index in [1.807, 2.05) is 30.3 Å². The second kappa shape index (κ2) is 9.15. The van der Waals surface area contributed by atoms with Crippen molar-refractivity contribution in [2.24, 2.45) is 5.92 Å². The highest BCUT2D eigenvalue weighted by atomic mass is 16.5. The van der Waals surface area contributed by atoms with Crippen molar-refractivity contribution in [1.29, 1.82) is 0 Å². The third-order valence-electron chi connectivity index (χ3n) is 3.94. The molecule has 0 bridgehead atoms. The van der Waals surface area contributed by atoms with E-state index in [1.165, 1.54) is 0 Å². The number of nitrogens with zero attached hydrogens (tertiary/aromatic N) is 1. The van der Waals surface area contributed by atoms with E-state index in [1.54, 1.807) is 4.90 Å². The maximum Gasteiger partial charge on any atom is 0.317 e. The molecule has 2 N–H and O–H groups in total. The lowest BCUT2D eigenvalue weighted by Crippen LogP contribution is -2.43. The van der Waals surface area contributed by atoms with Gasteiger partial charge < -0.3 is 20.1 Å². The van der Waals surface area contributed by atoms with Gasteiger partial charge in [-0.2, -0.15) is 0 Å². The SMILES string of the molecule is O=C(O)CCNC(=O)N(Cc1ccccc1)CC1CCOCC1. The Hall–Kier alpha value is -2.08. The van der Waals surface area contributed by atoms with Crippen LogP contribution in [0.15, 0.2) is 30.3 Å². The van der Waals surface area contributed by atoms with E-state index in [-0.39, 0.29) is 19.0 Å². The molecule has 0 aliphatic carbocycles. The first kappa shape index (κ1) is 17.3. The quantitative estimate of drug-likeness (QED) is 0.806. The molecule has 0 spiro atoms. The number of amides is 2. The Morgan fingerprint density at radius 2 is 1.91 bits per heavy atom. The van der Waals surface area contributed by atoms with Crippen molar-refractivity contribution in [1.82, 2.24) is 10.2 Å². The highest BCUT2D eigenvalue weighted by Crippen LogP contribution is 2.17. The van der Waals surface area contributed by atoms with Crippen molar-refractivity contribution < 1.29 is 19.4 Å². The molecule has 1 aromatic carbocycles. The van der Waals surface area contributed by atoms with Gasteiger partial charge in [0.05, 0.1) is 6.42 Å². The molecule has 2 amide bonds. The molecule has 23 heavy (non-hydrogen) atoms. The maximum absolute atomic E-state index is 12.4. The second-order valence-corrected chi connectivity index (χ2v) is 5.80. The standard InChI is InChI=1S/C17H24N2O4/c20-16(21)6-9-18-17(22)19(12-14-4-2-1-3-5-14)13-15-7-10-23-11-8-15/h1-5,15H,6-13H2,(H,18,22)(H,20,21). The number of hydrogen-bond acceptors (Lipinski definition) is 3. The number of aliphatic carboxylic acids is 1. The number of hydrogen-bond donors (Lipinski definition) is 2. The number of benzene rings is 1. The zero-order valence-electron chi connectivity index (χ0n) is 13.2. The summed E-state index contributed by atoms with van der Waals surface area (Å²) >= 11 is 0. The van der Waals surface area contributed by atoms with Crippen LogP contribution in [0.1, 0.15) is 24.8 Å². The molecule has 1 aromatic rings. The minimum absolute atomic E-state index is 0.0673. The minimum atomic E-state index is -0.913. The summed E-state index contributed by atoms with van der Waals surface area (Å²) in [7, 11) is 0. The molecule has 0 atom stereocenters. The van der Waals surface area contributed by atoms with Crippen molar-refractivity contribution in [2.75, 3.05) is 26.3 Å². The van der Waals surface area contributed by atoms with E-state index < -0.39 is 5.97 Å². The van der Waals surface area contributed by atoms with Crippen molar-refractivity contribution in [3.8, 4) is 0 Å². The Bertz CT molecular complexity index is 501. The number of ether oxygens (including phenoxy) is 1. The highest BCUT2D eigenvalue weighted by Gasteiger charge is 2.21. The summed E-state index contributed by atoms with van der Waals surface area (Å²) in [5, 5.41) is 11.4. The normalized spacial score (nSPS) is 15.1. The largest absolute Gasteiger partial charge is 0.481 e. The van der Waals surface area contributed by atoms with E-state index in [9.17, 15) is 9.59 Å². The van der Waals surface area contributed by atoms with E-state index in [0.29, 0.717) is 19.0 Å². The number of carboxylic acid groups (broad SMARTS) is 1. The molecular formula is C17H24N2O4. The van der Waals surface area contributed by atoms with Crippen LogP contribution in [0, 0.1) is 5.92 Å². The molecule has 0 radical (unpaired) electrons. The van der Waals surface area contributed by atoms with Crippen LogP contribution in [-0.4, -0.2) is 48.3 Å². The molecule has 0 aromatic heterocycles. The zero-order valence-corrected chi connectivity index (χ0v) is 13.2. The van der Waals surface area contributed by atoms with Crippen LogP contribution in [0.5, 0.6) is 0 Å². The Morgan fingerprint density at radius 1 is 1.22 bits per heavy atom. The molecule has 1 fully saturated rings. The number of carbonyl (C=O) groups excluding carboxylic acids is 1. The lowest BCUT2D eigenvalue weighted by molar-refractivity contribution is -0.136. The van der Waals surface area contributed by atoms with Crippen LogP contribution >= 0.6 is 0 Å². The molecule has 126 valence electrons. The van der Waals surface area contributed by atoms with Crippen molar-refractivity contribution in [3.63, 3.8) is 0 Å². The van der Waals surface area contributed by atoms with Crippen LogP contribution in [0.25, 0.3) is 0 Å². The van der Waals surface area contributed by atoms with Crippen LogP contribution in [0.2, 0.25) is 0 Å². The Balaban J connectivity index is 1.94. The predicted molar refractivity (Wildman–Crippen MR) is 86.0 cm³/mol. The summed E-state index contributed by atoms with van der Waals surface area (Å²) in [6.45, 7) is 2.82. The average Bonchev–Trinajstić information content (AvgIpc) is 2.56. The summed E-state index contributed by atoms with van der Waals surface area (Å²) < 4.78 is 5.37. The summed E-state index contributed by atoms with van der Waals surface area (Å²) in [5.41, 5.74) is 1.06. The number of carbonyl (C=O) groups is 2. The number of nitrogens with one attached hydrogen (secondary N) is 1. The van der Waals surface area contributed by atoms with Gasteiger partial charge >= 0.3 is 12.0 Å². The Labute approximate surface area is 136 Å². The Morgan fingerprint density at radius 3 is 2.57 bits per heavy atom. The molecule has 0 unspecified atom stereocenters. The fraction of sp³-hybridized carbons (Fsp3) is 0.529. The topological polar surface area (TPSA) is 78.9 Å². The van der Waals surface area contributed by atoms with Gasteiger partial charge in [0.2, 0.25) is 0 Å². The molecular weight excluding hydrogens is 296 g/mol. The summed E-state index contributed by atoms with van der Waals surface area (Å²) in [6.07, 6.45) is 1.84. The van der Waals surface area contributed by atoms with Gasteiger partial charge in [-0.15, -0.1) is 0 Å². The van der Waals surface area contributed by atoms with E-state index in [2.05, 4.69) is 5.32 Å². The zero-order chi connectivity index (χ0) is 16.5. The molecule has 6 nitrogen and oxygen atoms in total. The number of carboxylic acids is 1. The highest BCUT2D eigenvalue weighted by molar-refractivity contribution is 5.75. The van der Waals surface area contributed by atoms with Crippen molar-refractivity contribution in [2.45, 2.75) is 25.8 Å². The van der Waals surface area contributed by atoms with E-state index >= 15 is 0 Å². The van der Waals surface area contributed by atoms with Gasteiger partial charge in [0.1, 0.15) is 0 Å². The lowest BCUT2D eigenvalue weighted by Gasteiger charge is -2.30. The maximum atomic E-state index is 12.4. The first-order chi connectivity index (χ1) is 11.1. The van der Waals surface area contributed by atoms with Crippen LogP contribution in [0.4, 0.5) is 4.79 Å². The third-order valence-corrected chi connectivity index (χ3v) is 3.94. The van der Waals surface area contributed by atoms with Gasteiger partial charge in [0.25, 0.3) is 0 Å². The molecule has 6 heteroatoms. The summed E-state index contributed by atoms with van der Waals surface area (Å²) in [4.78, 5) is 24.7. The van der Waals surface area contributed by atoms with Gasteiger partial charge in [-0.05, 0) is 24.3 Å². The molecule has 1 heterocycles. The fourth-order valence-corrected chi connectivity index (χ4v) is 2.65. The predicted octanol–water partition coefficient (Wildman–Crippen LogP) is 2.10. The van der Waals surface area contributed by atoms with Crippen molar-refractivity contribution >= 4 is 12.0 Å².